The number of nitrogens with one attached hydrogen (secondary N) is 1. The zero-order chi connectivity index (χ0) is 24.9. The number of hydrogen-bond acceptors (Lipinski definition) is 4. The monoisotopic (exact) mass is 500 g/mol. The Kier molecular flexibility index (Phi) is 8.23. The van der Waals surface area contributed by atoms with Crippen molar-refractivity contribution in [1.29, 1.82) is 0 Å². The van der Waals surface area contributed by atoms with Crippen molar-refractivity contribution in [2.75, 3.05) is 17.5 Å². The molecule has 3 rings (SSSR count). The van der Waals surface area contributed by atoms with Gasteiger partial charge in [-0.05, 0) is 75.2 Å². The maximum Gasteiger partial charge on any atom is 0.264 e. The Hall–Kier alpha value is -3.03. The van der Waals surface area contributed by atoms with Gasteiger partial charge in [-0.3, -0.25) is 9.10 Å². The van der Waals surface area contributed by atoms with E-state index in [1.54, 1.807) is 37.3 Å². The predicted octanol–water partition coefficient (Wildman–Crippen LogP) is 5.43. The molecule has 1 amide bonds. The molecule has 0 radical (unpaired) electrons. The van der Waals surface area contributed by atoms with Gasteiger partial charge < -0.3 is 10.1 Å². The third-order valence-electron chi connectivity index (χ3n) is 5.47. The number of ether oxygens (including phenoxy) is 1. The van der Waals surface area contributed by atoms with E-state index in [1.165, 1.54) is 12.1 Å². The van der Waals surface area contributed by atoms with Gasteiger partial charge in [0.2, 0.25) is 5.91 Å². The first kappa shape index (κ1) is 25.6. The van der Waals surface area contributed by atoms with Gasteiger partial charge >= 0.3 is 0 Å². The molecule has 0 saturated carbocycles. The molecule has 1 N–H and O–H groups in total. The molecule has 34 heavy (non-hydrogen) atoms. The fourth-order valence-electron chi connectivity index (χ4n) is 3.52. The van der Waals surface area contributed by atoms with E-state index in [9.17, 15) is 13.2 Å². The van der Waals surface area contributed by atoms with Crippen LogP contribution >= 0.6 is 11.6 Å². The molecule has 3 aromatic rings. The van der Waals surface area contributed by atoms with Gasteiger partial charge in [0, 0.05) is 5.02 Å². The summed E-state index contributed by atoms with van der Waals surface area (Å²) < 4.78 is 33.7. The fourth-order valence-corrected chi connectivity index (χ4v) is 5.17. The van der Waals surface area contributed by atoms with Crippen LogP contribution in [0.4, 0.5) is 5.69 Å². The predicted molar refractivity (Wildman–Crippen MR) is 136 cm³/mol. The quantitative estimate of drug-likeness (QED) is 0.425. The Morgan fingerprint density at radius 2 is 1.68 bits per heavy atom. The summed E-state index contributed by atoms with van der Waals surface area (Å²) in [6, 6.07) is 18.6. The van der Waals surface area contributed by atoms with Crippen molar-refractivity contribution in [1.82, 2.24) is 5.32 Å². The maximum atomic E-state index is 13.6. The smallest absolute Gasteiger partial charge is 0.264 e. The standard InChI is InChI=1S/C26H29ClN2O4S/c1-5-33-22-13-11-21(12-14-22)20(4)28-26(30)17-29(25-8-6-7-24(27)19(25)3)34(31,32)23-15-9-18(2)10-16-23/h6-16,20H,5,17H2,1-4H3,(H,28,30)/t20-/m1/s1. The Labute approximate surface area is 206 Å². The second kappa shape index (κ2) is 10.9. The van der Waals surface area contributed by atoms with Gasteiger partial charge in [-0.2, -0.15) is 0 Å². The van der Waals surface area contributed by atoms with Gasteiger partial charge in [0.05, 0.1) is 23.2 Å². The number of benzene rings is 3. The van der Waals surface area contributed by atoms with Crippen LogP contribution in [0.2, 0.25) is 5.02 Å². The lowest BCUT2D eigenvalue weighted by Crippen LogP contribution is -2.42. The molecular weight excluding hydrogens is 472 g/mol. The largest absolute Gasteiger partial charge is 0.494 e. The normalized spacial score (nSPS) is 12.1. The highest BCUT2D eigenvalue weighted by Gasteiger charge is 2.29. The topological polar surface area (TPSA) is 75.7 Å². The fraction of sp³-hybridized carbons (Fsp3) is 0.269. The van der Waals surface area contributed by atoms with Crippen LogP contribution in [0, 0.1) is 13.8 Å². The van der Waals surface area contributed by atoms with E-state index in [0.717, 1.165) is 21.2 Å². The Morgan fingerprint density at radius 3 is 2.29 bits per heavy atom. The van der Waals surface area contributed by atoms with Gasteiger partial charge in [-0.25, -0.2) is 8.42 Å². The van der Waals surface area contributed by atoms with Crippen molar-refractivity contribution in [3.8, 4) is 5.75 Å². The summed E-state index contributed by atoms with van der Waals surface area (Å²) in [7, 11) is -4.02. The van der Waals surface area contributed by atoms with Crippen molar-refractivity contribution >= 4 is 33.2 Å². The number of amides is 1. The van der Waals surface area contributed by atoms with Crippen LogP contribution in [-0.2, 0) is 14.8 Å². The van der Waals surface area contributed by atoms with E-state index in [-0.39, 0.29) is 10.9 Å². The lowest BCUT2D eigenvalue weighted by molar-refractivity contribution is -0.120. The average Bonchev–Trinajstić information content (AvgIpc) is 2.80. The van der Waals surface area contributed by atoms with Crippen molar-refractivity contribution in [2.45, 2.75) is 38.6 Å². The Morgan fingerprint density at radius 1 is 1.03 bits per heavy atom. The molecule has 0 aromatic heterocycles. The summed E-state index contributed by atoms with van der Waals surface area (Å²) in [5.74, 6) is 0.313. The molecule has 0 aliphatic carbocycles. The number of sulfonamides is 1. The van der Waals surface area contributed by atoms with Gasteiger partial charge in [0.25, 0.3) is 10.0 Å². The summed E-state index contributed by atoms with van der Waals surface area (Å²) in [4.78, 5) is 13.1. The Balaban J connectivity index is 1.88. The van der Waals surface area contributed by atoms with E-state index in [0.29, 0.717) is 22.9 Å². The van der Waals surface area contributed by atoms with Crippen molar-refractivity contribution < 1.29 is 17.9 Å². The average molecular weight is 501 g/mol. The summed E-state index contributed by atoms with van der Waals surface area (Å²) >= 11 is 6.28. The molecule has 180 valence electrons. The van der Waals surface area contributed by atoms with Crippen LogP contribution in [-0.4, -0.2) is 27.5 Å². The first-order valence-corrected chi connectivity index (χ1v) is 12.8. The van der Waals surface area contributed by atoms with Crippen LogP contribution in [0.25, 0.3) is 0 Å². The number of carbonyl (C=O) groups excluding carboxylic acids is 1. The van der Waals surface area contributed by atoms with Crippen molar-refractivity contribution in [2.24, 2.45) is 0 Å². The number of anilines is 1. The van der Waals surface area contributed by atoms with E-state index < -0.39 is 22.5 Å². The zero-order valence-electron chi connectivity index (χ0n) is 19.7. The molecule has 0 heterocycles. The molecule has 0 aliphatic heterocycles. The first-order valence-electron chi connectivity index (χ1n) is 11.0. The molecular formula is C26H29ClN2O4S. The number of hydrogen-bond donors (Lipinski definition) is 1. The molecule has 1 atom stereocenters. The third-order valence-corrected chi connectivity index (χ3v) is 7.66. The molecule has 0 unspecified atom stereocenters. The Bertz CT molecular complexity index is 1240. The van der Waals surface area contributed by atoms with Crippen LogP contribution in [0.5, 0.6) is 5.75 Å². The number of aryl methyl sites for hydroxylation is 1. The van der Waals surface area contributed by atoms with E-state index in [4.69, 9.17) is 16.3 Å². The van der Waals surface area contributed by atoms with Gasteiger partial charge in [0.15, 0.2) is 0 Å². The lowest BCUT2D eigenvalue weighted by Gasteiger charge is -2.27. The summed E-state index contributed by atoms with van der Waals surface area (Å²) in [5.41, 5.74) is 2.75. The molecule has 0 bridgehead atoms. The van der Waals surface area contributed by atoms with Gasteiger partial charge in [0.1, 0.15) is 12.3 Å². The minimum Gasteiger partial charge on any atom is -0.494 e. The van der Waals surface area contributed by atoms with E-state index >= 15 is 0 Å². The van der Waals surface area contributed by atoms with E-state index in [1.807, 2.05) is 45.0 Å². The second-order valence-corrected chi connectivity index (χ2v) is 10.3. The minimum absolute atomic E-state index is 0.102. The van der Waals surface area contributed by atoms with Crippen LogP contribution in [0.1, 0.15) is 36.6 Å². The zero-order valence-corrected chi connectivity index (χ0v) is 21.3. The lowest BCUT2D eigenvalue weighted by atomic mass is 10.1. The van der Waals surface area contributed by atoms with Crippen LogP contribution < -0.4 is 14.4 Å². The third kappa shape index (κ3) is 5.90. The van der Waals surface area contributed by atoms with Gasteiger partial charge in [-0.15, -0.1) is 0 Å². The number of nitrogens with zero attached hydrogens (tertiary/aromatic N) is 1. The molecule has 6 nitrogen and oxygen atoms in total. The maximum absolute atomic E-state index is 13.6. The summed E-state index contributed by atoms with van der Waals surface area (Å²) in [6.07, 6.45) is 0. The number of carbonyl (C=O) groups is 1. The molecule has 0 spiro atoms. The highest BCUT2D eigenvalue weighted by Crippen LogP contribution is 2.31. The summed E-state index contributed by atoms with van der Waals surface area (Å²) in [6.45, 7) is 7.55. The SMILES string of the molecule is CCOc1ccc([C@@H](C)NC(=O)CN(c2cccc(Cl)c2C)S(=O)(=O)c2ccc(C)cc2)cc1. The molecule has 0 fully saturated rings. The van der Waals surface area contributed by atoms with Crippen LogP contribution in [0.3, 0.4) is 0 Å². The van der Waals surface area contributed by atoms with Crippen molar-refractivity contribution in [3.05, 3.63) is 88.4 Å². The molecule has 0 aliphatic rings. The van der Waals surface area contributed by atoms with Gasteiger partial charge in [-0.1, -0.05) is 47.5 Å². The second-order valence-electron chi connectivity index (χ2n) is 8.00. The van der Waals surface area contributed by atoms with Crippen LogP contribution in [0.15, 0.2) is 71.6 Å². The van der Waals surface area contributed by atoms with E-state index in [2.05, 4.69) is 5.32 Å². The molecule has 3 aromatic carbocycles. The molecule has 0 saturated heterocycles. The van der Waals surface area contributed by atoms with Crippen molar-refractivity contribution in [3.63, 3.8) is 0 Å². The first-order chi connectivity index (χ1) is 16.1. The minimum atomic E-state index is -4.02. The number of rotatable bonds is 9. The number of halogens is 1. The highest BCUT2D eigenvalue weighted by atomic mass is 35.5. The summed E-state index contributed by atoms with van der Waals surface area (Å²) in [5, 5.41) is 3.32. The highest BCUT2D eigenvalue weighted by molar-refractivity contribution is 7.92. The molecule has 8 heteroatoms.